The first-order chi connectivity index (χ1) is 24.4. The van der Waals surface area contributed by atoms with E-state index < -0.39 is 23.4 Å². The van der Waals surface area contributed by atoms with Crippen molar-refractivity contribution in [2.75, 3.05) is 13.1 Å². The van der Waals surface area contributed by atoms with E-state index in [0.29, 0.717) is 46.6 Å². The van der Waals surface area contributed by atoms with Crippen LogP contribution in [0.2, 0.25) is 0 Å². The van der Waals surface area contributed by atoms with Gasteiger partial charge in [0, 0.05) is 48.9 Å². The van der Waals surface area contributed by atoms with Crippen molar-refractivity contribution in [3.8, 4) is 11.1 Å². The van der Waals surface area contributed by atoms with Gasteiger partial charge in [-0.2, -0.15) is 13.2 Å². The van der Waals surface area contributed by atoms with E-state index >= 15 is 0 Å². The summed E-state index contributed by atoms with van der Waals surface area (Å²) in [6.07, 6.45) is -3.09. The van der Waals surface area contributed by atoms with Crippen molar-refractivity contribution in [2.24, 2.45) is 0 Å². The minimum absolute atomic E-state index is 0.0364. The van der Waals surface area contributed by atoms with Crippen molar-refractivity contribution in [3.63, 3.8) is 0 Å². The summed E-state index contributed by atoms with van der Waals surface area (Å²) in [6, 6.07) is 25.0. The van der Waals surface area contributed by atoms with Crippen molar-refractivity contribution in [1.82, 2.24) is 14.4 Å². The predicted octanol–water partition coefficient (Wildman–Crippen LogP) is 8.65. The Bertz CT molecular complexity index is 2070. The molecular formula is C41H40F5N3O2. The maximum atomic E-state index is 14.6. The van der Waals surface area contributed by atoms with Crippen LogP contribution in [0, 0.1) is 11.6 Å². The molecule has 0 N–H and O–H groups in total. The first kappa shape index (κ1) is 36.0. The zero-order valence-electron chi connectivity index (χ0n) is 28.6. The van der Waals surface area contributed by atoms with Crippen LogP contribution in [0.1, 0.15) is 49.1 Å². The topological polar surface area (TPSA) is 45.5 Å². The molecule has 266 valence electrons. The maximum Gasteiger partial charge on any atom is 0.417 e. The van der Waals surface area contributed by atoms with Crippen molar-refractivity contribution in [3.05, 3.63) is 141 Å². The minimum atomic E-state index is -4.62. The molecule has 1 aromatic heterocycles. The molecule has 1 saturated heterocycles. The van der Waals surface area contributed by atoms with Crippen LogP contribution in [0.25, 0.3) is 22.0 Å². The largest absolute Gasteiger partial charge is 0.417 e. The van der Waals surface area contributed by atoms with E-state index in [-0.39, 0.29) is 54.4 Å². The fourth-order valence-electron chi connectivity index (χ4n) is 7.13. The molecule has 2 heterocycles. The summed E-state index contributed by atoms with van der Waals surface area (Å²) in [5.74, 6) is -2.24. The van der Waals surface area contributed by atoms with Gasteiger partial charge < -0.3 is 14.4 Å². The molecule has 0 bridgehead atoms. The second kappa shape index (κ2) is 15.2. The van der Waals surface area contributed by atoms with Gasteiger partial charge in [0.05, 0.1) is 11.1 Å². The van der Waals surface area contributed by atoms with Crippen molar-refractivity contribution in [1.29, 1.82) is 0 Å². The Kier molecular flexibility index (Phi) is 10.7. The number of alkyl halides is 3. The first-order valence-corrected chi connectivity index (χ1v) is 17.2. The Labute approximate surface area is 293 Å². The lowest BCUT2D eigenvalue weighted by Crippen LogP contribution is -2.49. The molecular weight excluding hydrogens is 661 g/mol. The Hall–Kier alpha value is -4.83. The third-order valence-corrected chi connectivity index (χ3v) is 9.90. The average Bonchev–Trinajstić information content (AvgIpc) is 3.12. The highest BCUT2D eigenvalue weighted by Crippen LogP contribution is 2.38. The van der Waals surface area contributed by atoms with E-state index in [9.17, 15) is 31.5 Å². The van der Waals surface area contributed by atoms with Gasteiger partial charge in [-0.1, -0.05) is 66.7 Å². The number of rotatable bonds is 10. The zero-order valence-corrected chi connectivity index (χ0v) is 28.6. The number of likely N-dealkylation sites (tertiary alicyclic amines) is 1. The number of pyridine rings is 1. The van der Waals surface area contributed by atoms with Crippen LogP contribution in [0.4, 0.5) is 22.0 Å². The number of fused-ring (bicyclic) bond motifs is 1. The first-order valence-electron chi connectivity index (χ1n) is 17.2. The molecule has 0 radical (unpaired) electrons. The van der Waals surface area contributed by atoms with Gasteiger partial charge in [0.1, 0.15) is 6.54 Å². The number of hydrogen-bond donors (Lipinski definition) is 0. The molecule has 6 rings (SSSR count). The standard InChI is InChI=1S/C41H40F5N3O2/c1-27(2)47-21-19-31(20-22-47)49(25-28-15-18-33(29-9-4-3-5-10-29)35(23-28)41(44,45)46)39(51)26-48-32(17-16-30-11-8-13-36(42)40(30)43)24-38(50)34-12-6-7-14-37(34)48/h3-15,18,23-24,27,31H,16-17,19-22,25-26H2,1-2H3. The Balaban J connectivity index is 1.37. The molecule has 0 atom stereocenters. The summed E-state index contributed by atoms with van der Waals surface area (Å²) >= 11 is 0. The molecule has 0 saturated carbocycles. The number of para-hydroxylation sites is 1. The number of hydrogen-bond acceptors (Lipinski definition) is 3. The number of halogens is 5. The Morgan fingerprint density at radius 1 is 0.863 bits per heavy atom. The molecule has 0 aliphatic carbocycles. The number of amides is 1. The normalized spacial score (nSPS) is 14.4. The highest BCUT2D eigenvalue weighted by molar-refractivity contribution is 5.83. The smallest absolute Gasteiger partial charge is 0.335 e. The maximum absolute atomic E-state index is 14.6. The summed E-state index contributed by atoms with van der Waals surface area (Å²) in [7, 11) is 0. The SMILES string of the molecule is CC(C)N1CCC(N(Cc2ccc(-c3ccccc3)c(C(F)(F)F)c2)C(=O)Cn2c(CCc3cccc(F)c3F)cc(=O)c3ccccc32)CC1. The van der Waals surface area contributed by atoms with E-state index in [0.717, 1.165) is 25.2 Å². The molecule has 10 heteroatoms. The number of aromatic nitrogens is 1. The number of benzene rings is 4. The predicted molar refractivity (Wildman–Crippen MR) is 189 cm³/mol. The lowest BCUT2D eigenvalue weighted by molar-refractivity contribution is -0.137. The third-order valence-electron chi connectivity index (χ3n) is 9.90. The fraction of sp³-hybridized carbons (Fsp3) is 0.317. The van der Waals surface area contributed by atoms with Crippen LogP contribution in [0.5, 0.6) is 0 Å². The second-order valence-electron chi connectivity index (χ2n) is 13.4. The summed E-state index contributed by atoms with van der Waals surface area (Å²) in [5.41, 5.74) is 0.951. The second-order valence-corrected chi connectivity index (χ2v) is 13.4. The number of carbonyl (C=O) groups excluding carboxylic acids is 1. The van der Waals surface area contributed by atoms with Gasteiger partial charge in [-0.3, -0.25) is 9.59 Å². The lowest BCUT2D eigenvalue weighted by Gasteiger charge is -2.40. The number of carbonyl (C=O) groups is 1. The van der Waals surface area contributed by atoms with Crippen molar-refractivity contribution >= 4 is 16.8 Å². The van der Waals surface area contributed by atoms with Crippen molar-refractivity contribution in [2.45, 2.75) is 70.9 Å². The van der Waals surface area contributed by atoms with Crippen LogP contribution in [0.15, 0.2) is 102 Å². The number of aryl methyl sites for hydroxylation is 2. The summed E-state index contributed by atoms with van der Waals surface area (Å²) in [4.78, 5) is 31.7. The molecule has 51 heavy (non-hydrogen) atoms. The van der Waals surface area contributed by atoms with Gasteiger partial charge in [-0.15, -0.1) is 0 Å². The Morgan fingerprint density at radius 3 is 2.27 bits per heavy atom. The van der Waals surface area contributed by atoms with Crippen molar-refractivity contribution < 1.29 is 26.7 Å². The van der Waals surface area contributed by atoms with Crippen LogP contribution in [0.3, 0.4) is 0 Å². The summed E-state index contributed by atoms with van der Waals surface area (Å²) in [6.45, 7) is 5.45. The molecule has 0 spiro atoms. The van der Waals surface area contributed by atoms with Gasteiger partial charge in [-0.25, -0.2) is 8.78 Å². The molecule has 1 amide bonds. The highest BCUT2D eigenvalue weighted by atomic mass is 19.4. The summed E-state index contributed by atoms with van der Waals surface area (Å²) in [5, 5.41) is 0.397. The highest BCUT2D eigenvalue weighted by Gasteiger charge is 2.35. The van der Waals surface area contributed by atoms with E-state index in [2.05, 4.69) is 18.7 Å². The number of nitrogens with zero attached hydrogens (tertiary/aromatic N) is 3. The molecule has 1 aliphatic rings. The van der Waals surface area contributed by atoms with Gasteiger partial charge in [0.25, 0.3) is 0 Å². The van der Waals surface area contributed by atoms with Crippen LogP contribution in [-0.2, 0) is 36.9 Å². The molecule has 4 aromatic carbocycles. The van der Waals surface area contributed by atoms with Crippen LogP contribution >= 0.6 is 0 Å². The third kappa shape index (κ3) is 8.06. The molecule has 1 fully saturated rings. The van der Waals surface area contributed by atoms with Gasteiger partial charge in [0.15, 0.2) is 17.1 Å². The van der Waals surface area contributed by atoms with E-state index in [1.165, 1.54) is 24.3 Å². The van der Waals surface area contributed by atoms with Gasteiger partial charge in [-0.05, 0) is 86.1 Å². The van der Waals surface area contributed by atoms with E-state index in [1.54, 1.807) is 70.1 Å². The van der Waals surface area contributed by atoms with E-state index in [1.807, 2.05) is 0 Å². The molecule has 0 unspecified atom stereocenters. The quantitative estimate of drug-likeness (QED) is 0.137. The summed E-state index contributed by atoms with van der Waals surface area (Å²) < 4.78 is 73.7. The number of piperidine rings is 1. The molecule has 5 aromatic rings. The average molecular weight is 702 g/mol. The minimum Gasteiger partial charge on any atom is -0.335 e. The zero-order chi connectivity index (χ0) is 36.3. The van der Waals surface area contributed by atoms with Gasteiger partial charge >= 0.3 is 6.18 Å². The molecule has 5 nitrogen and oxygen atoms in total. The van der Waals surface area contributed by atoms with Crippen LogP contribution in [-0.4, -0.2) is 45.4 Å². The Morgan fingerprint density at radius 2 is 1.57 bits per heavy atom. The molecule has 1 aliphatic heterocycles. The van der Waals surface area contributed by atoms with Crippen LogP contribution < -0.4 is 5.43 Å². The fourth-order valence-corrected chi connectivity index (χ4v) is 7.13. The lowest BCUT2D eigenvalue weighted by atomic mass is 9.96. The van der Waals surface area contributed by atoms with Gasteiger partial charge in [0.2, 0.25) is 5.91 Å². The monoisotopic (exact) mass is 701 g/mol. The van der Waals surface area contributed by atoms with E-state index in [4.69, 9.17) is 0 Å².